The van der Waals surface area contributed by atoms with Crippen LogP contribution in [-0.4, -0.2) is 42.1 Å². The van der Waals surface area contributed by atoms with Crippen LogP contribution in [0.25, 0.3) is 0 Å². The molecule has 1 aromatic heterocycles. The first-order valence-electron chi connectivity index (χ1n) is 6.82. The molecule has 0 spiro atoms. The highest BCUT2D eigenvalue weighted by atomic mass is 16.5. The fourth-order valence-electron chi connectivity index (χ4n) is 2.43. The summed E-state index contributed by atoms with van der Waals surface area (Å²) in [6, 6.07) is 1.57. The summed E-state index contributed by atoms with van der Waals surface area (Å²) in [4.78, 5) is 22.3. The van der Waals surface area contributed by atoms with Crippen LogP contribution in [-0.2, 0) is 16.1 Å². The van der Waals surface area contributed by atoms with Gasteiger partial charge in [0, 0.05) is 26.3 Å². The van der Waals surface area contributed by atoms with Crippen LogP contribution in [0.1, 0.15) is 25.6 Å². The van der Waals surface area contributed by atoms with Gasteiger partial charge >= 0.3 is 0 Å². The van der Waals surface area contributed by atoms with E-state index in [1.165, 1.54) is 0 Å². The number of nitrogens with two attached hydrogens (primary N) is 1. The van der Waals surface area contributed by atoms with Crippen molar-refractivity contribution in [3.8, 4) is 0 Å². The van der Waals surface area contributed by atoms with E-state index in [1.807, 2.05) is 17.9 Å². The van der Waals surface area contributed by atoms with E-state index < -0.39 is 0 Å². The van der Waals surface area contributed by atoms with Crippen LogP contribution in [0.15, 0.2) is 6.07 Å². The molecule has 1 aromatic rings. The van der Waals surface area contributed by atoms with Gasteiger partial charge in [-0.2, -0.15) is 0 Å². The third kappa shape index (κ3) is 3.16. The monoisotopic (exact) mass is 279 g/mol. The Bertz CT molecular complexity index is 456. The molecule has 1 amide bonds. The number of amides is 1. The maximum Gasteiger partial charge on any atom is 0.240 e. The summed E-state index contributed by atoms with van der Waals surface area (Å²) in [5.74, 6) is 1.75. The minimum absolute atomic E-state index is 0.283. The van der Waals surface area contributed by atoms with Gasteiger partial charge in [-0.3, -0.25) is 4.79 Å². The fourth-order valence-corrected chi connectivity index (χ4v) is 2.43. The second-order valence-electron chi connectivity index (χ2n) is 4.74. The molecule has 110 valence electrons. The number of primary amides is 1. The summed E-state index contributed by atoms with van der Waals surface area (Å²) in [5.41, 5.74) is 5.45. The molecule has 20 heavy (non-hydrogen) atoms. The van der Waals surface area contributed by atoms with E-state index in [0.29, 0.717) is 12.4 Å². The lowest BCUT2D eigenvalue weighted by molar-refractivity contribution is -0.119. The number of carbonyl (C=O) groups is 1. The van der Waals surface area contributed by atoms with Crippen molar-refractivity contribution in [2.75, 3.05) is 30.4 Å². The molecule has 0 bridgehead atoms. The average molecular weight is 279 g/mol. The third-order valence-electron chi connectivity index (χ3n) is 3.27. The summed E-state index contributed by atoms with van der Waals surface area (Å²) >= 11 is 0. The van der Waals surface area contributed by atoms with Crippen LogP contribution in [0.5, 0.6) is 0 Å². The van der Waals surface area contributed by atoms with Crippen LogP contribution in [0.4, 0.5) is 11.6 Å². The predicted molar refractivity (Wildman–Crippen MR) is 76.5 cm³/mol. The van der Waals surface area contributed by atoms with E-state index in [-0.39, 0.29) is 11.9 Å². The lowest BCUT2D eigenvalue weighted by Gasteiger charge is -2.24. The summed E-state index contributed by atoms with van der Waals surface area (Å²) in [6.07, 6.45) is 1.71. The number of anilines is 2. The number of nitrogens with one attached hydrogen (secondary N) is 1. The van der Waals surface area contributed by atoms with Crippen molar-refractivity contribution in [1.82, 2.24) is 9.97 Å². The van der Waals surface area contributed by atoms with Gasteiger partial charge < -0.3 is 20.7 Å². The van der Waals surface area contributed by atoms with Crippen molar-refractivity contribution >= 4 is 17.5 Å². The Balaban J connectivity index is 2.31. The molecule has 2 heterocycles. The lowest BCUT2D eigenvalue weighted by Crippen LogP contribution is -2.40. The van der Waals surface area contributed by atoms with Crippen LogP contribution in [0.3, 0.4) is 0 Å². The SMILES string of the molecule is CCNc1cc(N2CCCC2C(N)=O)nc(COC)n1. The molecule has 1 atom stereocenters. The van der Waals surface area contributed by atoms with Crippen LogP contribution < -0.4 is 16.0 Å². The molecule has 0 aromatic carbocycles. The molecule has 7 nitrogen and oxygen atoms in total. The maximum absolute atomic E-state index is 11.5. The molecular formula is C13H21N5O2. The summed E-state index contributed by atoms with van der Waals surface area (Å²) in [5, 5.41) is 3.16. The molecular weight excluding hydrogens is 258 g/mol. The van der Waals surface area contributed by atoms with Crippen molar-refractivity contribution in [1.29, 1.82) is 0 Å². The van der Waals surface area contributed by atoms with Gasteiger partial charge in [0.25, 0.3) is 0 Å². The number of hydrogen-bond donors (Lipinski definition) is 2. The maximum atomic E-state index is 11.5. The van der Waals surface area contributed by atoms with Crippen molar-refractivity contribution in [3.05, 3.63) is 11.9 Å². The van der Waals surface area contributed by atoms with Gasteiger partial charge in [-0.05, 0) is 19.8 Å². The summed E-state index contributed by atoms with van der Waals surface area (Å²) in [6.45, 7) is 3.88. The average Bonchev–Trinajstić information content (AvgIpc) is 2.88. The van der Waals surface area contributed by atoms with Gasteiger partial charge in [0.05, 0.1) is 0 Å². The first-order valence-corrected chi connectivity index (χ1v) is 6.82. The Morgan fingerprint density at radius 2 is 2.40 bits per heavy atom. The zero-order valence-corrected chi connectivity index (χ0v) is 11.9. The van der Waals surface area contributed by atoms with Crippen LogP contribution in [0.2, 0.25) is 0 Å². The highest BCUT2D eigenvalue weighted by Crippen LogP contribution is 2.25. The highest BCUT2D eigenvalue weighted by molar-refractivity contribution is 5.84. The molecule has 3 N–H and O–H groups in total. The van der Waals surface area contributed by atoms with Gasteiger partial charge in [0.2, 0.25) is 5.91 Å². The van der Waals surface area contributed by atoms with Crippen molar-refractivity contribution < 1.29 is 9.53 Å². The molecule has 1 aliphatic heterocycles. The van der Waals surface area contributed by atoms with Crippen LogP contribution in [0, 0.1) is 0 Å². The van der Waals surface area contributed by atoms with Crippen LogP contribution >= 0.6 is 0 Å². The Hall–Kier alpha value is -1.89. The minimum atomic E-state index is -0.306. The molecule has 0 aliphatic carbocycles. The second kappa shape index (κ2) is 6.51. The summed E-state index contributed by atoms with van der Waals surface area (Å²) < 4.78 is 5.09. The molecule has 1 saturated heterocycles. The molecule has 2 rings (SSSR count). The van der Waals surface area contributed by atoms with E-state index in [4.69, 9.17) is 10.5 Å². The van der Waals surface area contributed by atoms with E-state index in [0.717, 1.165) is 37.6 Å². The highest BCUT2D eigenvalue weighted by Gasteiger charge is 2.30. The smallest absolute Gasteiger partial charge is 0.240 e. The first-order chi connectivity index (χ1) is 9.65. The van der Waals surface area contributed by atoms with Gasteiger partial charge in [-0.1, -0.05) is 0 Å². The van der Waals surface area contributed by atoms with E-state index in [2.05, 4.69) is 15.3 Å². The quantitative estimate of drug-likeness (QED) is 0.788. The number of nitrogens with zero attached hydrogens (tertiary/aromatic N) is 3. The van der Waals surface area contributed by atoms with Gasteiger partial charge in [-0.25, -0.2) is 9.97 Å². The Labute approximate surface area is 118 Å². The number of methoxy groups -OCH3 is 1. The summed E-state index contributed by atoms with van der Waals surface area (Å²) in [7, 11) is 1.60. The van der Waals surface area contributed by atoms with Gasteiger partial charge in [-0.15, -0.1) is 0 Å². The van der Waals surface area contributed by atoms with Gasteiger partial charge in [0.1, 0.15) is 24.3 Å². The Morgan fingerprint density at radius 3 is 3.05 bits per heavy atom. The van der Waals surface area contributed by atoms with Crippen molar-refractivity contribution in [3.63, 3.8) is 0 Å². The molecule has 0 radical (unpaired) electrons. The predicted octanol–water partition coefficient (Wildman–Crippen LogP) is 0.509. The number of aromatic nitrogens is 2. The number of rotatable bonds is 6. The Morgan fingerprint density at radius 1 is 1.60 bits per heavy atom. The fraction of sp³-hybridized carbons (Fsp3) is 0.615. The standard InChI is InChI=1S/C13H21N5O2/c1-3-15-10-7-12(17-11(16-10)8-20-2)18-6-4-5-9(18)13(14)19/h7,9H,3-6,8H2,1-2H3,(H2,14,19)(H,15,16,17). The molecule has 1 fully saturated rings. The number of carbonyl (C=O) groups excluding carboxylic acids is 1. The van der Waals surface area contributed by atoms with E-state index in [1.54, 1.807) is 7.11 Å². The molecule has 1 aliphatic rings. The number of hydrogen-bond acceptors (Lipinski definition) is 6. The molecule has 1 unspecified atom stereocenters. The van der Waals surface area contributed by atoms with Crippen molar-refractivity contribution in [2.24, 2.45) is 5.73 Å². The third-order valence-corrected chi connectivity index (χ3v) is 3.27. The normalized spacial score (nSPS) is 18.3. The molecule has 7 heteroatoms. The topological polar surface area (TPSA) is 93.4 Å². The molecule has 0 saturated carbocycles. The number of ether oxygens (including phenoxy) is 1. The Kier molecular flexibility index (Phi) is 4.73. The first kappa shape index (κ1) is 14.5. The van der Waals surface area contributed by atoms with E-state index in [9.17, 15) is 4.79 Å². The zero-order valence-electron chi connectivity index (χ0n) is 11.9. The van der Waals surface area contributed by atoms with Crippen molar-refractivity contribution in [2.45, 2.75) is 32.4 Å². The minimum Gasteiger partial charge on any atom is -0.377 e. The lowest BCUT2D eigenvalue weighted by atomic mass is 10.2. The van der Waals surface area contributed by atoms with E-state index >= 15 is 0 Å². The van der Waals surface area contributed by atoms with Gasteiger partial charge in [0.15, 0.2) is 5.82 Å². The largest absolute Gasteiger partial charge is 0.377 e. The zero-order chi connectivity index (χ0) is 14.5. The second-order valence-corrected chi connectivity index (χ2v) is 4.74.